The van der Waals surface area contributed by atoms with Crippen molar-refractivity contribution in [3.63, 3.8) is 0 Å². The van der Waals surface area contributed by atoms with Crippen molar-refractivity contribution in [2.24, 2.45) is 0 Å². The molecule has 0 saturated carbocycles. The maximum atomic E-state index is 11.5. The molecule has 23 heavy (non-hydrogen) atoms. The molecule has 5 rings (SSSR count). The number of fused-ring (bicyclic) bond motifs is 5. The number of carbonyl (C=O) groups excluding carboxylic acids is 1. The van der Waals surface area contributed by atoms with Crippen LogP contribution in [-0.4, -0.2) is 25.7 Å². The summed E-state index contributed by atoms with van der Waals surface area (Å²) in [7, 11) is 0. The number of carbonyl (C=O) groups is 1. The van der Waals surface area contributed by atoms with E-state index in [0.717, 1.165) is 28.0 Å². The molecule has 0 saturated heterocycles. The first kappa shape index (κ1) is 13.2. The molecule has 0 radical (unpaired) electrons. The number of nitrogens with one attached hydrogen (secondary N) is 1. The van der Waals surface area contributed by atoms with Gasteiger partial charge in [0, 0.05) is 33.9 Å². The maximum absolute atomic E-state index is 11.5. The predicted molar refractivity (Wildman–Crippen MR) is 86.5 cm³/mol. The molecule has 1 unspecified atom stereocenters. The van der Waals surface area contributed by atoms with Crippen molar-refractivity contribution in [1.82, 2.24) is 0 Å². The van der Waals surface area contributed by atoms with Crippen LogP contribution in [0.5, 0.6) is 17.2 Å². The van der Waals surface area contributed by atoms with E-state index in [1.54, 1.807) is 0 Å². The minimum Gasteiger partial charge on any atom is -0.492 e. The van der Waals surface area contributed by atoms with Crippen molar-refractivity contribution in [3.05, 3.63) is 45.9 Å². The van der Waals surface area contributed by atoms with Gasteiger partial charge in [-0.25, -0.2) is 4.79 Å². The van der Waals surface area contributed by atoms with E-state index >= 15 is 0 Å². The van der Waals surface area contributed by atoms with E-state index < -0.39 is 0 Å². The SMILES string of the molecule is O=C1COc2cc3c(cc2O1)C1(CNc2cccc(Br)c21)CO3. The molecule has 1 N–H and O–H groups in total. The second-order valence-electron chi connectivity index (χ2n) is 5.94. The molecule has 0 bridgehead atoms. The Bertz CT molecular complexity index is 866. The molecule has 2 aromatic rings. The van der Waals surface area contributed by atoms with Gasteiger partial charge in [0.1, 0.15) is 12.4 Å². The third-order valence-electron chi connectivity index (χ3n) is 4.68. The van der Waals surface area contributed by atoms with Gasteiger partial charge < -0.3 is 19.5 Å². The van der Waals surface area contributed by atoms with Gasteiger partial charge in [-0.2, -0.15) is 0 Å². The fourth-order valence-corrected chi connectivity index (χ4v) is 4.39. The molecule has 0 aromatic heterocycles. The van der Waals surface area contributed by atoms with Gasteiger partial charge in [0.25, 0.3) is 0 Å². The van der Waals surface area contributed by atoms with Crippen molar-refractivity contribution in [2.45, 2.75) is 5.41 Å². The van der Waals surface area contributed by atoms with Crippen molar-refractivity contribution in [1.29, 1.82) is 0 Å². The molecule has 3 heterocycles. The lowest BCUT2D eigenvalue weighted by Gasteiger charge is -2.24. The number of halogens is 1. The lowest BCUT2D eigenvalue weighted by atomic mass is 9.77. The fourth-order valence-electron chi connectivity index (χ4n) is 3.64. The number of hydrogen-bond donors (Lipinski definition) is 1. The molecule has 0 amide bonds. The van der Waals surface area contributed by atoms with E-state index in [9.17, 15) is 4.79 Å². The Morgan fingerprint density at radius 1 is 1.13 bits per heavy atom. The molecule has 5 nitrogen and oxygen atoms in total. The van der Waals surface area contributed by atoms with E-state index in [-0.39, 0.29) is 18.0 Å². The van der Waals surface area contributed by atoms with Gasteiger partial charge in [-0.05, 0) is 18.2 Å². The zero-order valence-electron chi connectivity index (χ0n) is 12.0. The predicted octanol–water partition coefficient (Wildman–Crippen LogP) is 2.85. The van der Waals surface area contributed by atoms with E-state index in [1.165, 1.54) is 5.56 Å². The third kappa shape index (κ3) is 1.69. The Hall–Kier alpha value is -2.21. The highest BCUT2D eigenvalue weighted by molar-refractivity contribution is 9.10. The first-order valence-corrected chi connectivity index (χ1v) is 8.14. The highest BCUT2D eigenvalue weighted by Crippen LogP contribution is 2.54. The molecule has 2 aromatic carbocycles. The Morgan fingerprint density at radius 3 is 2.96 bits per heavy atom. The zero-order valence-corrected chi connectivity index (χ0v) is 13.6. The molecule has 6 heteroatoms. The summed E-state index contributed by atoms with van der Waals surface area (Å²) in [5.74, 6) is 1.42. The fraction of sp³-hybridized carbons (Fsp3) is 0.235. The van der Waals surface area contributed by atoms with Crippen LogP contribution in [0.2, 0.25) is 0 Å². The number of esters is 1. The van der Waals surface area contributed by atoms with Crippen molar-refractivity contribution in [3.8, 4) is 17.2 Å². The molecule has 0 fully saturated rings. The van der Waals surface area contributed by atoms with E-state index in [1.807, 2.05) is 24.3 Å². The monoisotopic (exact) mass is 373 g/mol. The summed E-state index contributed by atoms with van der Waals surface area (Å²) in [5.41, 5.74) is 3.01. The molecule has 1 spiro atoms. The summed E-state index contributed by atoms with van der Waals surface area (Å²) in [4.78, 5) is 11.5. The van der Waals surface area contributed by atoms with Crippen LogP contribution in [0.3, 0.4) is 0 Å². The van der Waals surface area contributed by atoms with Gasteiger partial charge in [0.15, 0.2) is 18.1 Å². The molecule has 3 aliphatic heterocycles. The largest absolute Gasteiger partial charge is 0.492 e. The normalized spacial score (nSPS) is 23.3. The molecule has 1 atom stereocenters. The second-order valence-corrected chi connectivity index (χ2v) is 6.80. The summed E-state index contributed by atoms with van der Waals surface area (Å²) in [6, 6.07) is 9.81. The summed E-state index contributed by atoms with van der Waals surface area (Å²) in [6.45, 7) is 1.22. The van der Waals surface area contributed by atoms with Gasteiger partial charge in [0.2, 0.25) is 0 Å². The first-order valence-electron chi connectivity index (χ1n) is 7.35. The van der Waals surface area contributed by atoms with Gasteiger partial charge in [-0.15, -0.1) is 0 Å². The quantitative estimate of drug-likeness (QED) is 0.568. The van der Waals surface area contributed by atoms with Crippen LogP contribution in [0.1, 0.15) is 11.1 Å². The van der Waals surface area contributed by atoms with Crippen molar-refractivity contribution in [2.75, 3.05) is 25.1 Å². The number of benzene rings is 2. The number of rotatable bonds is 0. The Morgan fingerprint density at radius 2 is 2.04 bits per heavy atom. The Labute approximate surface area is 140 Å². The van der Waals surface area contributed by atoms with Crippen LogP contribution in [0, 0.1) is 0 Å². The lowest BCUT2D eigenvalue weighted by Crippen LogP contribution is -2.32. The summed E-state index contributed by atoms with van der Waals surface area (Å²) < 4.78 is 17.8. The van der Waals surface area contributed by atoms with Crippen molar-refractivity contribution >= 4 is 27.6 Å². The Kier molecular flexibility index (Phi) is 2.54. The minimum absolute atomic E-state index is 0.0626. The van der Waals surface area contributed by atoms with Crippen LogP contribution in [0.4, 0.5) is 5.69 Å². The average Bonchev–Trinajstić information content (AvgIpc) is 3.09. The van der Waals surface area contributed by atoms with Crippen LogP contribution >= 0.6 is 15.9 Å². The van der Waals surface area contributed by atoms with E-state index in [4.69, 9.17) is 14.2 Å². The average molecular weight is 374 g/mol. The minimum atomic E-state index is -0.378. The van der Waals surface area contributed by atoms with Gasteiger partial charge in [-0.1, -0.05) is 22.0 Å². The molecule has 0 aliphatic carbocycles. The van der Waals surface area contributed by atoms with Crippen molar-refractivity contribution < 1.29 is 19.0 Å². The zero-order chi connectivity index (χ0) is 15.6. The smallest absolute Gasteiger partial charge is 0.349 e. The van der Waals surface area contributed by atoms with E-state index in [2.05, 4.69) is 27.3 Å². The van der Waals surface area contributed by atoms with Crippen LogP contribution in [0.25, 0.3) is 0 Å². The number of hydrogen-bond acceptors (Lipinski definition) is 5. The summed E-state index contributed by atoms with van der Waals surface area (Å²) in [5, 5.41) is 3.45. The number of ether oxygens (including phenoxy) is 3. The molecule has 116 valence electrons. The van der Waals surface area contributed by atoms with Crippen LogP contribution in [-0.2, 0) is 10.2 Å². The number of anilines is 1. The molecular weight excluding hydrogens is 362 g/mol. The second kappa shape index (κ2) is 4.41. The van der Waals surface area contributed by atoms with Gasteiger partial charge >= 0.3 is 5.97 Å². The van der Waals surface area contributed by atoms with Crippen LogP contribution in [0.15, 0.2) is 34.8 Å². The standard InChI is InChI=1S/C17H12BrNO4/c18-10-2-1-3-11-16(10)17(7-19-11)8-22-12-5-13-14(4-9(12)17)23-15(20)6-21-13/h1-5,19H,6-8H2. The summed E-state index contributed by atoms with van der Waals surface area (Å²) >= 11 is 3.66. The first-order chi connectivity index (χ1) is 11.2. The lowest BCUT2D eigenvalue weighted by molar-refractivity contribution is -0.138. The highest BCUT2D eigenvalue weighted by Gasteiger charge is 2.49. The molecular formula is C17H12BrNO4. The summed E-state index contributed by atoms with van der Waals surface area (Å²) in [6.07, 6.45) is 0. The molecule has 3 aliphatic rings. The Balaban J connectivity index is 1.72. The van der Waals surface area contributed by atoms with E-state index in [0.29, 0.717) is 18.1 Å². The van der Waals surface area contributed by atoms with Crippen LogP contribution < -0.4 is 19.5 Å². The maximum Gasteiger partial charge on any atom is 0.349 e. The topological polar surface area (TPSA) is 56.8 Å². The van der Waals surface area contributed by atoms with Gasteiger partial charge in [0.05, 0.1) is 5.41 Å². The highest BCUT2D eigenvalue weighted by atomic mass is 79.9. The third-order valence-corrected chi connectivity index (χ3v) is 5.34. The van der Waals surface area contributed by atoms with Gasteiger partial charge in [-0.3, -0.25) is 0 Å².